The third kappa shape index (κ3) is 5.00. The molecule has 1 atom stereocenters. The van der Waals surface area contributed by atoms with Crippen LogP contribution in [0.15, 0.2) is 47.4 Å². The summed E-state index contributed by atoms with van der Waals surface area (Å²) in [6.45, 7) is 4.31. The highest BCUT2D eigenvalue weighted by molar-refractivity contribution is 7.89. The highest BCUT2D eigenvalue weighted by atomic mass is 35.5. The molecule has 0 saturated carbocycles. The highest BCUT2D eigenvalue weighted by Crippen LogP contribution is 2.30. The minimum atomic E-state index is -3.64. The van der Waals surface area contributed by atoms with E-state index in [-0.39, 0.29) is 22.4 Å². The SMILES string of the molecule is CCC(C)NS(=O)(=O)c1ccc(C(=O)Nc2cc(N3CCCC3=O)ccc2Cl)cc1. The Hall–Kier alpha value is -2.42. The summed E-state index contributed by atoms with van der Waals surface area (Å²) < 4.78 is 27.3. The Morgan fingerprint density at radius 2 is 1.90 bits per heavy atom. The quantitative estimate of drug-likeness (QED) is 0.672. The lowest BCUT2D eigenvalue weighted by atomic mass is 10.2. The van der Waals surface area contributed by atoms with E-state index in [4.69, 9.17) is 11.6 Å². The number of carbonyl (C=O) groups excluding carboxylic acids is 2. The van der Waals surface area contributed by atoms with Gasteiger partial charge in [0.2, 0.25) is 15.9 Å². The van der Waals surface area contributed by atoms with E-state index in [9.17, 15) is 18.0 Å². The Morgan fingerprint density at radius 1 is 1.20 bits per heavy atom. The average molecular weight is 450 g/mol. The van der Waals surface area contributed by atoms with Crippen LogP contribution in [0.2, 0.25) is 5.02 Å². The van der Waals surface area contributed by atoms with Crippen molar-refractivity contribution >= 4 is 44.8 Å². The van der Waals surface area contributed by atoms with E-state index in [1.807, 2.05) is 6.92 Å². The molecule has 2 amide bonds. The van der Waals surface area contributed by atoms with E-state index in [1.54, 1.807) is 30.0 Å². The summed E-state index contributed by atoms with van der Waals surface area (Å²) in [4.78, 5) is 26.4. The largest absolute Gasteiger partial charge is 0.321 e. The van der Waals surface area contributed by atoms with Crippen LogP contribution in [-0.4, -0.2) is 32.8 Å². The van der Waals surface area contributed by atoms with Crippen molar-refractivity contribution in [2.45, 2.75) is 44.0 Å². The Labute approximate surface area is 181 Å². The summed E-state index contributed by atoms with van der Waals surface area (Å²) in [5.74, 6) is -0.391. The van der Waals surface area contributed by atoms with Gasteiger partial charge in [-0.3, -0.25) is 9.59 Å². The molecule has 0 aliphatic carbocycles. The van der Waals surface area contributed by atoms with Crippen molar-refractivity contribution < 1.29 is 18.0 Å². The van der Waals surface area contributed by atoms with Gasteiger partial charge in [0, 0.05) is 30.3 Å². The second kappa shape index (κ2) is 9.16. The van der Waals surface area contributed by atoms with Crippen LogP contribution in [0.25, 0.3) is 0 Å². The average Bonchev–Trinajstić information content (AvgIpc) is 3.15. The number of rotatable bonds is 7. The second-order valence-corrected chi connectivity index (χ2v) is 9.34. The number of hydrogen-bond donors (Lipinski definition) is 2. The lowest BCUT2D eigenvalue weighted by Gasteiger charge is -2.17. The predicted octanol–water partition coefficient (Wildman–Crippen LogP) is 3.80. The van der Waals surface area contributed by atoms with Gasteiger partial charge in [0.05, 0.1) is 15.6 Å². The zero-order valence-electron chi connectivity index (χ0n) is 16.8. The maximum absolute atomic E-state index is 12.6. The molecule has 2 aromatic carbocycles. The third-order valence-corrected chi connectivity index (χ3v) is 6.91. The highest BCUT2D eigenvalue weighted by Gasteiger charge is 2.23. The fourth-order valence-electron chi connectivity index (χ4n) is 3.09. The van der Waals surface area contributed by atoms with Gasteiger partial charge in [0.25, 0.3) is 5.91 Å². The number of halogens is 1. The molecule has 0 spiro atoms. The molecule has 1 fully saturated rings. The van der Waals surface area contributed by atoms with Crippen molar-refractivity contribution in [2.75, 3.05) is 16.8 Å². The number of benzene rings is 2. The molecule has 160 valence electrons. The molecule has 1 saturated heterocycles. The Morgan fingerprint density at radius 3 is 2.50 bits per heavy atom. The van der Waals surface area contributed by atoms with Gasteiger partial charge in [0.1, 0.15) is 0 Å². The topological polar surface area (TPSA) is 95.6 Å². The van der Waals surface area contributed by atoms with Crippen molar-refractivity contribution in [3.05, 3.63) is 53.1 Å². The smallest absolute Gasteiger partial charge is 0.255 e. The molecular formula is C21H24ClN3O4S. The van der Waals surface area contributed by atoms with Crippen LogP contribution in [0.5, 0.6) is 0 Å². The molecule has 0 bridgehead atoms. The number of nitrogens with one attached hydrogen (secondary N) is 2. The number of carbonyl (C=O) groups is 2. The molecule has 0 radical (unpaired) electrons. The van der Waals surface area contributed by atoms with Gasteiger partial charge in [-0.2, -0.15) is 0 Å². The maximum Gasteiger partial charge on any atom is 0.255 e. The maximum atomic E-state index is 12.6. The van der Waals surface area contributed by atoms with Crippen LogP contribution < -0.4 is 14.9 Å². The van der Waals surface area contributed by atoms with Crippen LogP contribution in [0.1, 0.15) is 43.5 Å². The molecule has 1 heterocycles. The first-order valence-corrected chi connectivity index (χ1v) is 11.6. The van der Waals surface area contributed by atoms with E-state index < -0.39 is 15.9 Å². The summed E-state index contributed by atoms with van der Waals surface area (Å²) in [6.07, 6.45) is 1.97. The van der Waals surface area contributed by atoms with Crippen molar-refractivity contribution in [1.82, 2.24) is 4.72 Å². The van der Waals surface area contributed by atoms with E-state index >= 15 is 0 Å². The van der Waals surface area contributed by atoms with Gasteiger partial charge in [-0.1, -0.05) is 18.5 Å². The van der Waals surface area contributed by atoms with Crippen molar-refractivity contribution in [1.29, 1.82) is 0 Å². The number of nitrogens with zero attached hydrogens (tertiary/aromatic N) is 1. The molecule has 2 aromatic rings. The predicted molar refractivity (Wildman–Crippen MR) is 118 cm³/mol. The fraction of sp³-hybridized carbons (Fsp3) is 0.333. The Balaban J connectivity index is 1.76. The number of hydrogen-bond acceptors (Lipinski definition) is 4. The van der Waals surface area contributed by atoms with Crippen molar-refractivity contribution in [3.8, 4) is 0 Å². The molecule has 30 heavy (non-hydrogen) atoms. The zero-order valence-corrected chi connectivity index (χ0v) is 18.4. The standard InChI is InChI=1S/C21H24ClN3O4S/c1-3-14(2)24-30(28,29)17-9-6-15(7-10-17)21(27)23-19-13-16(8-11-18(19)22)25-12-4-5-20(25)26/h6-11,13-14,24H,3-5,12H2,1-2H3,(H,23,27). The minimum absolute atomic E-state index is 0.0393. The zero-order chi connectivity index (χ0) is 21.9. The van der Waals surface area contributed by atoms with E-state index in [2.05, 4.69) is 10.0 Å². The van der Waals surface area contributed by atoms with Gasteiger partial charge in [-0.25, -0.2) is 13.1 Å². The van der Waals surface area contributed by atoms with Gasteiger partial charge in [0.15, 0.2) is 0 Å². The molecule has 7 nitrogen and oxygen atoms in total. The van der Waals surface area contributed by atoms with Crippen LogP contribution >= 0.6 is 11.6 Å². The monoisotopic (exact) mass is 449 g/mol. The summed E-state index contributed by atoms with van der Waals surface area (Å²) in [6, 6.07) is 10.5. The van der Waals surface area contributed by atoms with Crippen LogP contribution in [0, 0.1) is 0 Å². The molecule has 1 aliphatic rings. The Bertz CT molecular complexity index is 1050. The lowest BCUT2D eigenvalue weighted by molar-refractivity contribution is -0.117. The Kier molecular flexibility index (Phi) is 6.80. The summed E-state index contributed by atoms with van der Waals surface area (Å²) >= 11 is 6.21. The van der Waals surface area contributed by atoms with Crippen molar-refractivity contribution in [3.63, 3.8) is 0 Å². The number of sulfonamides is 1. The summed E-state index contributed by atoms with van der Waals surface area (Å²) in [5, 5.41) is 3.07. The molecule has 3 rings (SSSR count). The second-order valence-electron chi connectivity index (χ2n) is 7.22. The van der Waals surface area contributed by atoms with E-state index in [1.165, 1.54) is 24.3 Å². The van der Waals surface area contributed by atoms with Gasteiger partial charge in [-0.15, -0.1) is 0 Å². The number of amides is 2. The lowest BCUT2D eigenvalue weighted by Crippen LogP contribution is -2.32. The van der Waals surface area contributed by atoms with E-state index in [0.717, 1.165) is 6.42 Å². The summed E-state index contributed by atoms with van der Waals surface area (Å²) in [5.41, 5.74) is 1.35. The normalized spacial score (nSPS) is 15.3. The van der Waals surface area contributed by atoms with E-state index in [0.29, 0.717) is 35.8 Å². The first-order chi connectivity index (χ1) is 14.2. The van der Waals surface area contributed by atoms with Crippen LogP contribution in [0.4, 0.5) is 11.4 Å². The molecule has 9 heteroatoms. The number of anilines is 2. The molecule has 0 aromatic heterocycles. The van der Waals surface area contributed by atoms with Gasteiger partial charge in [-0.05, 0) is 62.2 Å². The minimum Gasteiger partial charge on any atom is -0.321 e. The fourth-order valence-corrected chi connectivity index (χ4v) is 4.59. The van der Waals surface area contributed by atoms with Gasteiger partial charge >= 0.3 is 0 Å². The molecule has 1 aliphatic heterocycles. The third-order valence-electron chi connectivity index (χ3n) is 4.98. The first kappa shape index (κ1) is 22.3. The van der Waals surface area contributed by atoms with Crippen LogP contribution in [-0.2, 0) is 14.8 Å². The van der Waals surface area contributed by atoms with Gasteiger partial charge < -0.3 is 10.2 Å². The molecule has 1 unspecified atom stereocenters. The summed E-state index contributed by atoms with van der Waals surface area (Å²) in [7, 11) is -3.64. The van der Waals surface area contributed by atoms with Crippen molar-refractivity contribution in [2.24, 2.45) is 0 Å². The van der Waals surface area contributed by atoms with Crippen LogP contribution in [0.3, 0.4) is 0 Å². The molecular weight excluding hydrogens is 426 g/mol. The molecule has 2 N–H and O–H groups in total. The first-order valence-electron chi connectivity index (χ1n) is 9.75.